The second-order valence-electron chi connectivity index (χ2n) is 6.50. The number of benzene rings is 2. The van der Waals surface area contributed by atoms with E-state index in [4.69, 9.17) is 5.73 Å². The highest BCUT2D eigenvalue weighted by atomic mass is 32.1. The highest BCUT2D eigenvalue weighted by molar-refractivity contribution is 7.20. The summed E-state index contributed by atoms with van der Waals surface area (Å²) in [6.45, 7) is 0.000303. The van der Waals surface area contributed by atoms with Gasteiger partial charge in [0.1, 0.15) is 5.00 Å². The van der Waals surface area contributed by atoms with Crippen molar-refractivity contribution in [2.45, 2.75) is 19.4 Å². The van der Waals surface area contributed by atoms with E-state index in [1.165, 1.54) is 11.3 Å². The third-order valence-electron chi connectivity index (χ3n) is 4.38. The Bertz CT molecular complexity index is 1040. The molecular formula is C19H18N4O3S. The molecule has 1 aliphatic rings. The zero-order valence-electron chi connectivity index (χ0n) is 14.4. The summed E-state index contributed by atoms with van der Waals surface area (Å²) in [7, 11) is 0. The molecule has 27 heavy (non-hydrogen) atoms. The first kappa shape index (κ1) is 17.4. The number of anilines is 3. The summed E-state index contributed by atoms with van der Waals surface area (Å²) < 4.78 is 0. The summed E-state index contributed by atoms with van der Waals surface area (Å²) in [6.07, 6.45) is 1.74. The zero-order chi connectivity index (χ0) is 19.0. The molecule has 0 spiro atoms. The molecule has 0 saturated heterocycles. The number of rotatable bonds is 6. The Labute approximate surface area is 159 Å². The van der Waals surface area contributed by atoms with Crippen LogP contribution in [0.3, 0.4) is 0 Å². The topological polar surface area (TPSA) is 117 Å². The molecule has 138 valence electrons. The number of primary amides is 1. The smallest absolute Gasteiger partial charge is 0.270 e. The lowest BCUT2D eigenvalue weighted by atomic mass is 10.1. The van der Waals surface area contributed by atoms with Gasteiger partial charge in [0.15, 0.2) is 10.8 Å². The minimum atomic E-state index is -0.680. The molecule has 0 aliphatic heterocycles. The summed E-state index contributed by atoms with van der Waals surface area (Å²) in [5.74, 6) is -0.757. The van der Waals surface area contributed by atoms with Gasteiger partial charge in [-0.2, -0.15) is 0 Å². The number of amides is 2. The van der Waals surface area contributed by atoms with Gasteiger partial charge >= 0.3 is 0 Å². The van der Waals surface area contributed by atoms with E-state index in [0.29, 0.717) is 10.1 Å². The number of aromatic nitrogens is 1. The van der Waals surface area contributed by atoms with E-state index in [2.05, 4.69) is 15.6 Å². The quantitative estimate of drug-likeness (QED) is 0.523. The van der Waals surface area contributed by atoms with Gasteiger partial charge in [0.2, 0.25) is 5.91 Å². The normalized spacial score (nSPS) is 13.5. The summed E-state index contributed by atoms with van der Waals surface area (Å²) in [5.41, 5.74) is 7.10. The first-order valence-corrected chi connectivity index (χ1v) is 9.37. The van der Waals surface area contributed by atoms with Crippen molar-refractivity contribution in [2.24, 2.45) is 11.7 Å². The molecule has 1 heterocycles. The van der Waals surface area contributed by atoms with Crippen molar-refractivity contribution in [3.8, 4) is 0 Å². The molecule has 2 aromatic carbocycles. The molecule has 1 saturated carbocycles. The fourth-order valence-electron chi connectivity index (χ4n) is 2.78. The van der Waals surface area contributed by atoms with Gasteiger partial charge in [-0.05, 0) is 47.4 Å². The van der Waals surface area contributed by atoms with Crippen LogP contribution in [0.4, 0.5) is 15.8 Å². The summed E-state index contributed by atoms with van der Waals surface area (Å²) >= 11 is 1.18. The van der Waals surface area contributed by atoms with E-state index < -0.39 is 5.91 Å². The number of carbonyl (C=O) groups excluding carboxylic acids is 2. The van der Waals surface area contributed by atoms with Gasteiger partial charge in [0, 0.05) is 11.6 Å². The Morgan fingerprint density at radius 2 is 1.93 bits per heavy atom. The number of fused-ring (bicyclic) bond motifs is 1. The van der Waals surface area contributed by atoms with E-state index in [9.17, 15) is 14.7 Å². The molecule has 3 aromatic rings. The van der Waals surface area contributed by atoms with Gasteiger partial charge in [-0.1, -0.05) is 29.5 Å². The number of thiazole rings is 1. The molecule has 1 aliphatic carbocycles. The lowest BCUT2D eigenvalue weighted by Crippen LogP contribution is -2.18. The van der Waals surface area contributed by atoms with Crippen molar-refractivity contribution < 1.29 is 14.7 Å². The molecule has 2 amide bonds. The molecule has 1 aromatic heterocycles. The molecule has 0 bridgehead atoms. The highest BCUT2D eigenvalue weighted by Crippen LogP contribution is 2.35. The molecule has 0 atom stereocenters. The SMILES string of the molecule is NC(=O)c1nc(Nc2ccc3cc(CO)ccc3c2)sc1NC(=O)C1CC1. The van der Waals surface area contributed by atoms with E-state index >= 15 is 0 Å². The first-order valence-electron chi connectivity index (χ1n) is 8.55. The number of hydrogen-bond donors (Lipinski definition) is 4. The fraction of sp³-hybridized carbons (Fsp3) is 0.211. The predicted octanol–water partition coefficient (Wildman–Crippen LogP) is 2.98. The number of aliphatic hydroxyl groups excluding tert-OH is 1. The van der Waals surface area contributed by atoms with Crippen molar-refractivity contribution in [1.29, 1.82) is 0 Å². The number of nitrogens with two attached hydrogens (primary N) is 1. The minimum Gasteiger partial charge on any atom is -0.392 e. The molecule has 5 N–H and O–H groups in total. The van der Waals surface area contributed by atoms with E-state index in [1.54, 1.807) is 0 Å². The average molecular weight is 382 g/mol. The van der Waals surface area contributed by atoms with E-state index in [-0.39, 0.29) is 24.1 Å². The zero-order valence-corrected chi connectivity index (χ0v) is 15.2. The first-order chi connectivity index (χ1) is 13.0. The van der Waals surface area contributed by atoms with Crippen LogP contribution in [0.15, 0.2) is 36.4 Å². The Kier molecular flexibility index (Phi) is 4.51. The number of nitrogens with one attached hydrogen (secondary N) is 2. The average Bonchev–Trinajstić information content (AvgIpc) is 3.44. The van der Waals surface area contributed by atoms with Crippen LogP contribution in [0, 0.1) is 5.92 Å². The highest BCUT2D eigenvalue weighted by Gasteiger charge is 2.31. The summed E-state index contributed by atoms with van der Waals surface area (Å²) in [5, 5.41) is 18.0. The Morgan fingerprint density at radius 1 is 1.19 bits per heavy atom. The molecule has 4 rings (SSSR count). The summed E-state index contributed by atoms with van der Waals surface area (Å²) in [4.78, 5) is 27.9. The van der Waals surface area contributed by atoms with Gasteiger partial charge in [0.05, 0.1) is 6.61 Å². The largest absolute Gasteiger partial charge is 0.392 e. The minimum absolute atomic E-state index is 0.000303. The fourth-order valence-corrected chi connectivity index (χ4v) is 3.67. The van der Waals surface area contributed by atoms with Crippen molar-refractivity contribution in [3.05, 3.63) is 47.7 Å². The van der Waals surface area contributed by atoms with Crippen molar-refractivity contribution in [2.75, 3.05) is 10.6 Å². The number of nitrogens with zero attached hydrogens (tertiary/aromatic N) is 1. The third kappa shape index (κ3) is 3.76. The maximum Gasteiger partial charge on any atom is 0.270 e. The summed E-state index contributed by atoms with van der Waals surface area (Å²) in [6, 6.07) is 11.5. The maximum atomic E-state index is 12.0. The standard InChI is InChI=1S/C19H18N4O3S/c20-16(25)15-18(23-17(26)11-3-4-11)27-19(22-15)21-14-6-5-12-7-10(9-24)1-2-13(12)8-14/h1-2,5-8,11,24H,3-4,9H2,(H2,20,25)(H,21,22)(H,23,26). The molecular weight excluding hydrogens is 364 g/mol. The number of carbonyl (C=O) groups is 2. The van der Waals surface area contributed by atoms with Gasteiger partial charge in [0.25, 0.3) is 5.91 Å². The van der Waals surface area contributed by atoms with Crippen LogP contribution < -0.4 is 16.4 Å². The van der Waals surface area contributed by atoms with Gasteiger partial charge in [-0.25, -0.2) is 4.98 Å². The van der Waals surface area contributed by atoms with Crippen LogP contribution in [-0.2, 0) is 11.4 Å². The van der Waals surface area contributed by atoms with Gasteiger partial charge < -0.3 is 21.5 Å². The van der Waals surface area contributed by atoms with Crippen LogP contribution >= 0.6 is 11.3 Å². The predicted molar refractivity (Wildman–Crippen MR) is 105 cm³/mol. The maximum absolute atomic E-state index is 12.0. The Balaban J connectivity index is 1.58. The lowest BCUT2D eigenvalue weighted by Gasteiger charge is -2.06. The van der Waals surface area contributed by atoms with Crippen molar-refractivity contribution in [3.63, 3.8) is 0 Å². The van der Waals surface area contributed by atoms with Crippen LogP contribution in [-0.4, -0.2) is 21.9 Å². The van der Waals surface area contributed by atoms with Gasteiger partial charge in [-0.15, -0.1) is 0 Å². The monoisotopic (exact) mass is 382 g/mol. The Morgan fingerprint density at radius 3 is 2.63 bits per heavy atom. The van der Waals surface area contributed by atoms with Crippen LogP contribution in [0.2, 0.25) is 0 Å². The Hall–Kier alpha value is -2.97. The second kappa shape index (κ2) is 6.98. The molecule has 7 nitrogen and oxygen atoms in total. The number of aliphatic hydroxyl groups is 1. The molecule has 0 unspecified atom stereocenters. The van der Waals surface area contributed by atoms with Crippen LogP contribution in [0.25, 0.3) is 10.8 Å². The second-order valence-corrected chi connectivity index (χ2v) is 7.50. The lowest BCUT2D eigenvalue weighted by molar-refractivity contribution is -0.117. The van der Waals surface area contributed by atoms with Crippen LogP contribution in [0.5, 0.6) is 0 Å². The molecule has 0 radical (unpaired) electrons. The van der Waals surface area contributed by atoms with E-state index in [1.807, 2.05) is 36.4 Å². The van der Waals surface area contributed by atoms with E-state index in [0.717, 1.165) is 34.9 Å². The molecule has 8 heteroatoms. The van der Waals surface area contributed by atoms with Crippen molar-refractivity contribution >= 4 is 49.7 Å². The third-order valence-corrected chi connectivity index (χ3v) is 5.27. The van der Waals surface area contributed by atoms with Crippen molar-refractivity contribution in [1.82, 2.24) is 4.98 Å². The van der Waals surface area contributed by atoms with Crippen LogP contribution in [0.1, 0.15) is 28.9 Å². The van der Waals surface area contributed by atoms with Gasteiger partial charge in [-0.3, -0.25) is 9.59 Å². The number of hydrogen-bond acceptors (Lipinski definition) is 6. The molecule has 1 fully saturated rings.